The maximum absolute atomic E-state index is 5.63. The van der Waals surface area contributed by atoms with Gasteiger partial charge in [-0.1, -0.05) is 0 Å². The van der Waals surface area contributed by atoms with Crippen LogP contribution in [0.3, 0.4) is 0 Å². The summed E-state index contributed by atoms with van der Waals surface area (Å²) < 4.78 is 11.2. The Bertz CT molecular complexity index is 96.4. The predicted molar refractivity (Wildman–Crippen MR) is 44.3 cm³/mol. The summed E-state index contributed by atoms with van der Waals surface area (Å²) in [7, 11) is -1.03. The van der Waals surface area contributed by atoms with Gasteiger partial charge in [0.2, 0.25) is 9.76 Å². The van der Waals surface area contributed by atoms with Gasteiger partial charge in [0.05, 0.1) is 0 Å². The lowest BCUT2D eigenvalue weighted by atomic mass is 10.4. The van der Waals surface area contributed by atoms with Crippen molar-refractivity contribution < 1.29 is 8.54 Å². The molecule has 4 heteroatoms. The van der Waals surface area contributed by atoms with E-state index in [1.165, 1.54) is 18.9 Å². The molecule has 2 nitrogen and oxygen atoms in total. The molecule has 0 bridgehead atoms. The van der Waals surface area contributed by atoms with E-state index >= 15 is 0 Å². The molecule has 1 fully saturated rings. The molecular weight excluding hydrogens is 160 g/mol. The molecule has 0 aromatic carbocycles. The Morgan fingerprint density at radius 3 is 2.80 bits per heavy atom. The van der Waals surface area contributed by atoms with Gasteiger partial charge in [-0.3, -0.25) is 0 Å². The van der Waals surface area contributed by atoms with Gasteiger partial charge in [0.1, 0.15) is 0 Å². The molecule has 1 aliphatic rings. The summed E-state index contributed by atoms with van der Waals surface area (Å²) in [6, 6.07) is 1.19. The summed E-state index contributed by atoms with van der Waals surface area (Å²) in [5.74, 6) is 0. The highest BCUT2D eigenvalue weighted by Gasteiger charge is 2.32. The lowest BCUT2D eigenvalue weighted by Crippen LogP contribution is -2.42. The number of hydrogen-bond donors (Lipinski definition) is 0. The molecule has 1 rings (SSSR count). The van der Waals surface area contributed by atoms with Gasteiger partial charge in [-0.15, -0.1) is 0 Å². The molecule has 1 saturated heterocycles. The van der Waals surface area contributed by atoms with Crippen molar-refractivity contribution in [2.45, 2.75) is 32.0 Å². The van der Waals surface area contributed by atoms with Crippen LogP contribution in [0.5, 0.6) is 0 Å². The lowest BCUT2D eigenvalue weighted by molar-refractivity contribution is 0.217. The SMILES string of the molecule is C[Si]O[Si]1(C)CCCCO1. The Morgan fingerprint density at radius 1 is 1.50 bits per heavy atom. The van der Waals surface area contributed by atoms with E-state index in [2.05, 4.69) is 13.1 Å². The maximum atomic E-state index is 5.63. The van der Waals surface area contributed by atoms with Crippen molar-refractivity contribution in [2.75, 3.05) is 6.61 Å². The smallest absolute Gasteiger partial charge is 0.324 e. The van der Waals surface area contributed by atoms with Crippen LogP contribution in [0.25, 0.3) is 0 Å². The van der Waals surface area contributed by atoms with Crippen LogP contribution in [-0.2, 0) is 8.54 Å². The second-order valence-electron chi connectivity index (χ2n) is 2.75. The van der Waals surface area contributed by atoms with Crippen LogP contribution in [0.2, 0.25) is 19.1 Å². The number of hydrogen-bond acceptors (Lipinski definition) is 2. The van der Waals surface area contributed by atoms with E-state index in [1.54, 1.807) is 0 Å². The van der Waals surface area contributed by atoms with Crippen molar-refractivity contribution in [3.8, 4) is 0 Å². The molecule has 0 aromatic rings. The first-order chi connectivity index (χ1) is 4.77. The summed E-state index contributed by atoms with van der Waals surface area (Å²) in [5, 5.41) is 0. The summed E-state index contributed by atoms with van der Waals surface area (Å²) >= 11 is 0. The average molecular weight is 174 g/mol. The monoisotopic (exact) mass is 174 g/mol. The molecular formula is C6H14O2Si2. The Balaban J connectivity index is 2.32. The van der Waals surface area contributed by atoms with Gasteiger partial charge in [-0.05, 0) is 32.0 Å². The minimum atomic E-state index is -1.62. The average Bonchev–Trinajstić information content (AvgIpc) is 1.89. The van der Waals surface area contributed by atoms with Crippen LogP contribution in [0, 0.1) is 0 Å². The van der Waals surface area contributed by atoms with E-state index in [9.17, 15) is 0 Å². The molecule has 1 aliphatic heterocycles. The van der Waals surface area contributed by atoms with Crippen LogP contribution in [0.15, 0.2) is 0 Å². The van der Waals surface area contributed by atoms with Crippen molar-refractivity contribution in [3.63, 3.8) is 0 Å². The third-order valence-corrected chi connectivity index (χ3v) is 6.37. The highest BCUT2D eigenvalue weighted by atomic mass is 28.4. The Hall–Kier alpha value is 0.354. The van der Waals surface area contributed by atoms with Crippen LogP contribution in [0.4, 0.5) is 0 Å². The third kappa shape index (κ3) is 2.19. The molecule has 0 amide bonds. The van der Waals surface area contributed by atoms with Crippen LogP contribution in [0.1, 0.15) is 12.8 Å². The van der Waals surface area contributed by atoms with Gasteiger partial charge in [0.25, 0.3) is 0 Å². The van der Waals surface area contributed by atoms with Gasteiger partial charge in [-0.25, -0.2) is 0 Å². The first-order valence-corrected chi connectivity index (χ1v) is 7.69. The highest BCUT2D eigenvalue weighted by Crippen LogP contribution is 2.21. The molecule has 10 heavy (non-hydrogen) atoms. The fourth-order valence-corrected chi connectivity index (χ4v) is 5.19. The molecule has 0 aliphatic carbocycles. The minimum absolute atomic E-state index is 0.596. The van der Waals surface area contributed by atoms with Crippen LogP contribution >= 0.6 is 0 Å². The summed E-state index contributed by atoms with van der Waals surface area (Å²) in [6.45, 7) is 5.16. The Morgan fingerprint density at radius 2 is 2.30 bits per heavy atom. The molecule has 1 unspecified atom stereocenters. The van der Waals surface area contributed by atoms with E-state index in [4.69, 9.17) is 8.54 Å². The molecule has 58 valence electrons. The largest absolute Gasteiger partial charge is 0.436 e. The van der Waals surface area contributed by atoms with E-state index < -0.39 is 8.56 Å². The quantitative estimate of drug-likeness (QED) is 0.591. The van der Waals surface area contributed by atoms with Crippen molar-refractivity contribution in [2.24, 2.45) is 0 Å². The standard InChI is InChI=1S/C6H14O2Si2/c1-9-8-10(2)6-4-3-5-7-10/h3-6H2,1-2H3. The van der Waals surface area contributed by atoms with Gasteiger partial charge < -0.3 is 8.54 Å². The fraction of sp³-hybridized carbons (Fsp3) is 1.00. The first-order valence-electron chi connectivity index (χ1n) is 3.75. The Labute approximate surface area is 66.1 Å². The summed E-state index contributed by atoms with van der Waals surface area (Å²) in [4.78, 5) is 0. The molecule has 0 N–H and O–H groups in total. The van der Waals surface area contributed by atoms with E-state index in [0.29, 0.717) is 9.76 Å². The van der Waals surface area contributed by atoms with E-state index in [1.807, 2.05) is 0 Å². The maximum Gasteiger partial charge on any atom is 0.324 e. The summed E-state index contributed by atoms with van der Waals surface area (Å²) in [5.41, 5.74) is 0. The summed E-state index contributed by atoms with van der Waals surface area (Å²) in [6.07, 6.45) is 2.52. The Kier molecular flexibility index (Phi) is 3.09. The van der Waals surface area contributed by atoms with Crippen LogP contribution in [-0.4, -0.2) is 24.9 Å². The molecule has 0 spiro atoms. The van der Waals surface area contributed by atoms with Crippen molar-refractivity contribution in [3.05, 3.63) is 0 Å². The zero-order valence-electron chi connectivity index (χ0n) is 6.64. The fourth-order valence-electron chi connectivity index (χ4n) is 1.20. The molecule has 1 heterocycles. The first kappa shape index (κ1) is 8.45. The minimum Gasteiger partial charge on any atom is -0.436 e. The third-order valence-electron chi connectivity index (χ3n) is 1.75. The predicted octanol–water partition coefficient (Wildman–Crippen LogP) is 1.55. The van der Waals surface area contributed by atoms with Crippen LogP contribution < -0.4 is 0 Å². The zero-order valence-corrected chi connectivity index (χ0v) is 8.64. The second kappa shape index (κ2) is 3.66. The van der Waals surface area contributed by atoms with E-state index in [-0.39, 0.29) is 0 Å². The van der Waals surface area contributed by atoms with Crippen molar-refractivity contribution in [1.82, 2.24) is 0 Å². The molecule has 2 radical (unpaired) electrons. The molecule has 1 atom stereocenters. The zero-order chi connectivity index (χ0) is 7.45. The normalized spacial score (nSPS) is 34.2. The van der Waals surface area contributed by atoms with E-state index in [0.717, 1.165) is 6.61 Å². The van der Waals surface area contributed by atoms with Gasteiger partial charge in [0, 0.05) is 6.61 Å². The van der Waals surface area contributed by atoms with Crippen molar-refractivity contribution in [1.29, 1.82) is 0 Å². The second-order valence-corrected chi connectivity index (χ2v) is 7.03. The van der Waals surface area contributed by atoms with Gasteiger partial charge in [-0.2, -0.15) is 0 Å². The van der Waals surface area contributed by atoms with Gasteiger partial charge in [0.15, 0.2) is 0 Å². The molecule has 0 saturated carbocycles. The topological polar surface area (TPSA) is 18.5 Å². The highest BCUT2D eigenvalue weighted by molar-refractivity contribution is 6.70. The van der Waals surface area contributed by atoms with Crippen molar-refractivity contribution >= 4 is 18.3 Å². The number of rotatable bonds is 2. The molecule has 0 aromatic heterocycles. The van der Waals surface area contributed by atoms with Gasteiger partial charge >= 0.3 is 8.56 Å². The lowest BCUT2D eigenvalue weighted by Gasteiger charge is -2.30.